The molecule has 1 fully saturated rings. The van der Waals surface area contributed by atoms with Crippen LogP contribution in [0.4, 0.5) is 0 Å². The Labute approximate surface area is 284 Å². The Morgan fingerprint density at radius 3 is 2.43 bits per heavy atom. The molecule has 9 nitrogen and oxygen atoms in total. The van der Waals surface area contributed by atoms with Crippen LogP contribution in [0.2, 0.25) is 0 Å². The van der Waals surface area contributed by atoms with Crippen molar-refractivity contribution in [3.63, 3.8) is 0 Å². The number of ether oxygens (including phenoxy) is 2. The average Bonchev–Trinajstić information content (AvgIpc) is 3.52. The summed E-state index contributed by atoms with van der Waals surface area (Å²) in [7, 11) is 0. The van der Waals surface area contributed by atoms with Crippen molar-refractivity contribution in [2.24, 2.45) is 0 Å². The third kappa shape index (κ3) is 10.7. The molecule has 0 spiro atoms. The predicted molar refractivity (Wildman–Crippen MR) is 185 cm³/mol. The molecule has 0 bridgehead atoms. The van der Waals surface area contributed by atoms with Crippen LogP contribution < -0.4 is 10.6 Å². The quantitative estimate of drug-likeness (QED) is 0.0946. The van der Waals surface area contributed by atoms with Gasteiger partial charge in [-0.2, -0.15) is 0 Å². The molecule has 5 rings (SSSR count). The first-order valence-electron chi connectivity index (χ1n) is 16.0. The standard InChI is InChI=1S/C36H42N4O5S2/c1-24(42)37-18-5-3-4-9-34(43)38-21-27-7-6-8-31(19-27)28-14-16-30(17-15-28)35-44-32(23-46-36-40-39-25(2)47-36)20-33(45-35)29-12-10-26(22-41)11-13-29/h6-8,10-17,19,32-33,35,41H,3-5,9,18,20-23H2,1-2H3,(H,37,42)(H,38,43)/t32-,33+,35+/m1/s1. The van der Waals surface area contributed by atoms with Gasteiger partial charge in [0.15, 0.2) is 10.6 Å². The summed E-state index contributed by atoms with van der Waals surface area (Å²) >= 11 is 3.24. The molecule has 1 saturated heterocycles. The molecular weight excluding hydrogens is 633 g/mol. The van der Waals surface area contributed by atoms with E-state index in [0.29, 0.717) is 25.9 Å². The predicted octanol–water partition coefficient (Wildman–Crippen LogP) is 6.66. The van der Waals surface area contributed by atoms with Crippen LogP contribution in [0.25, 0.3) is 11.1 Å². The summed E-state index contributed by atoms with van der Waals surface area (Å²) < 4.78 is 13.9. The first-order chi connectivity index (χ1) is 22.9. The minimum absolute atomic E-state index is 0.00496. The Bertz CT molecular complexity index is 1600. The monoisotopic (exact) mass is 674 g/mol. The van der Waals surface area contributed by atoms with Crippen LogP contribution in [-0.4, -0.2) is 45.5 Å². The van der Waals surface area contributed by atoms with Gasteiger partial charge in [0.25, 0.3) is 0 Å². The average molecular weight is 675 g/mol. The SMILES string of the molecule is CC(=O)NCCCCCC(=O)NCc1cccc(-c2ccc([C@H]3O[C@@H](CSc4nnc(C)s4)C[C@@H](c4ccc(CO)cc4)O3)cc2)c1. The van der Waals surface area contributed by atoms with Crippen molar-refractivity contribution in [1.82, 2.24) is 20.8 Å². The number of thioether (sulfide) groups is 1. The maximum atomic E-state index is 12.4. The Kier molecular flexibility index (Phi) is 12.9. The molecule has 4 aromatic rings. The number of benzene rings is 3. The number of carbonyl (C=O) groups excluding carboxylic acids is 2. The molecule has 248 valence electrons. The number of nitrogens with one attached hydrogen (secondary N) is 2. The molecule has 0 unspecified atom stereocenters. The van der Waals surface area contributed by atoms with Crippen molar-refractivity contribution in [2.45, 2.75) is 81.9 Å². The van der Waals surface area contributed by atoms with Gasteiger partial charge in [0.05, 0.1) is 18.8 Å². The third-order valence-electron chi connectivity index (χ3n) is 7.90. The van der Waals surface area contributed by atoms with Crippen molar-refractivity contribution in [2.75, 3.05) is 12.3 Å². The number of unbranched alkanes of at least 4 members (excludes halogenated alkanes) is 2. The van der Waals surface area contributed by atoms with Gasteiger partial charge >= 0.3 is 0 Å². The Morgan fingerprint density at radius 2 is 1.70 bits per heavy atom. The maximum absolute atomic E-state index is 12.4. The summed E-state index contributed by atoms with van der Waals surface area (Å²) in [5.74, 6) is 0.744. The highest BCUT2D eigenvalue weighted by Gasteiger charge is 2.32. The Morgan fingerprint density at radius 1 is 0.915 bits per heavy atom. The zero-order chi connectivity index (χ0) is 33.0. The number of aromatic nitrogens is 2. The summed E-state index contributed by atoms with van der Waals surface area (Å²) in [4.78, 5) is 23.3. The van der Waals surface area contributed by atoms with Crippen LogP contribution in [0.1, 0.15) is 78.7 Å². The number of nitrogens with zero attached hydrogens (tertiary/aromatic N) is 2. The van der Waals surface area contributed by atoms with E-state index in [0.717, 1.165) is 67.7 Å². The molecule has 47 heavy (non-hydrogen) atoms. The van der Waals surface area contributed by atoms with Crippen molar-refractivity contribution in [3.05, 3.63) is 100 Å². The molecule has 1 aliphatic rings. The lowest BCUT2D eigenvalue weighted by molar-refractivity contribution is -0.245. The molecule has 0 saturated carbocycles. The normalized spacial score (nSPS) is 17.7. The van der Waals surface area contributed by atoms with Gasteiger partial charge in [-0.15, -0.1) is 10.2 Å². The molecule has 0 aliphatic carbocycles. The zero-order valence-electron chi connectivity index (χ0n) is 26.8. The number of amides is 2. The number of carbonyl (C=O) groups is 2. The third-order valence-corrected chi connectivity index (χ3v) is 10.0. The van der Waals surface area contributed by atoms with Crippen molar-refractivity contribution in [1.29, 1.82) is 0 Å². The minimum atomic E-state index is -0.533. The summed E-state index contributed by atoms with van der Waals surface area (Å²) in [6.45, 7) is 4.59. The highest BCUT2D eigenvalue weighted by molar-refractivity contribution is 8.01. The van der Waals surface area contributed by atoms with Gasteiger partial charge in [-0.05, 0) is 53.6 Å². The maximum Gasteiger partial charge on any atom is 0.220 e. The van der Waals surface area contributed by atoms with Gasteiger partial charge in [-0.25, -0.2) is 0 Å². The van der Waals surface area contributed by atoms with E-state index in [-0.39, 0.29) is 30.6 Å². The molecule has 2 heterocycles. The number of hydrogen-bond donors (Lipinski definition) is 3. The van der Waals surface area contributed by atoms with Crippen molar-refractivity contribution in [3.8, 4) is 11.1 Å². The molecule has 3 N–H and O–H groups in total. The summed E-state index contributed by atoms with van der Waals surface area (Å²) in [5.41, 5.74) is 6.02. The topological polar surface area (TPSA) is 123 Å². The fourth-order valence-corrected chi connectivity index (χ4v) is 7.22. The van der Waals surface area contributed by atoms with E-state index < -0.39 is 6.29 Å². The van der Waals surface area contributed by atoms with Crippen LogP contribution in [0.5, 0.6) is 0 Å². The van der Waals surface area contributed by atoms with Gasteiger partial charge in [0.1, 0.15) is 5.01 Å². The number of aryl methyl sites for hydroxylation is 1. The Balaban J connectivity index is 1.19. The molecule has 0 radical (unpaired) electrons. The first kappa shape index (κ1) is 34.7. The second-order valence-corrected chi connectivity index (χ2v) is 14.1. The Hall–Kier alpha value is -3.61. The van der Waals surface area contributed by atoms with E-state index in [2.05, 4.69) is 57.2 Å². The fraction of sp³-hybridized carbons (Fsp3) is 0.389. The molecule has 2 amide bonds. The van der Waals surface area contributed by atoms with Crippen LogP contribution in [-0.2, 0) is 32.2 Å². The molecule has 1 aromatic heterocycles. The second kappa shape index (κ2) is 17.5. The zero-order valence-corrected chi connectivity index (χ0v) is 28.4. The molecular formula is C36H42N4O5S2. The fourth-order valence-electron chi connectivity index (χ4n) is 5.36. The highest BCUT2D eigenvalue weighted by Crippen LogP contribution is 2.40. The molecule has 3 atom stereocenters. The van der Waals surface area contributed by atoms with Gasteiger partial charge in [-0.3, -0.25) is 9.59 Å². The number of aliphatic hydroxyl groups excluding tert-OH is 1. The number of hydrogen-bond acceptors (Lipinski definition) is 9. The molecule has 11 heteroatoms. The van der Waals surface area contributed by atoms with Crippen LogP contribution in [0, 0.1) is 6.92 Å². The van der Waals surface area contributed by atoms with Crippen LogP contribution in [0.3, 0.4) is 0 Å². The van der Waals surface area contributed by atoms with E-state index in [1.807, 2.05) is 43.3 Å². The summed E-state index contributed by atoms with van der Waals surface area (Å²) in [6, 6.07) is 24.4. The summed E-state index contributed by atoms with van der Waals surface area (Å²) in [6.07, 6.45) is 3.01. The second-order valence-electron chi connectivity index (χ2n) is 11.6. The van der Waals surface area contributed by atoms with E-state index in [1.54, 1.807) is 23.1 Å². The number of aliphatic hydroxyl groups is 1. The lowest BCUT2D eigenvalue weighted by atomic mass is 9.99. The van der Waals surface area contributed by atoms with E-state index in [1.165, 1.54) is 6.92 Å². The molecule has 3 aromatic carbocycles. The largest absolute Gasteiger partial charge is 0.392 e. The van der Waals surface area contributed by atoms with Gasteiger partial charge in [-0.1, -0.05) is 96.2 Å². The number of rotatable bonds is 15. The summed E-state index contributed by atoms with van der Waals surface area (Å²) in [5, 5.41) is 24.6. The molecule has 1 aliphatic heterocycles. The smallest absolute Gasteiger partial charge is 0.220 e. The lowest BCUT2D eigenvalue weighted by Crippen LogP contribution is -2.31. The first-order valence-corrected chi connectivity index (χ1v) is 17.8. The van der Waals surface area contributed by atoms with Crippen molar-refractivity contribution >= 4 is 34.9 Å². The van der Waals surface area contributed by atoms with Crippen LogP contribution in [0.15, 0.2) is 77.1 Å². The van der Waals surface area contributed by atoms with E-state index in [9.17, 15) is 14.7 Å². The van der Waals surface area contributed by atoms with E-state index >= 15 is 0 Å². The minimum Gasteiger partial charge on any atom is -0.392 e. The van der Waals surface area contributed by atoms with Crippen molar-refractivity contribution < 1.29 is 24.2 Å². The van der Waals surface area contributed by atoms with Crippen LogP contribution >= 0.6 is 23.1 Å². The highest BCUT2D eigenvalue weighted by atomic mass is 32.2. The lowest BCUT2D eigenvalue weighted by Gasteiger charge is -2.36. The van der Waals surface area contributed by atoms with Gasteiger partial charge in [0.2, 0.25) is 11.8 Å². The van der Waals surface area contributed by atoms with Gasteiger partial charge in [0, 0.05) is 44.2 Å². The van der Waals surface area contributed by atoms with Gasteiger partial charge < -0.3 is 25.2 Å². The van der Waals surface area contributed by atoms with E-state index in [4.69, 9.17) is 9.47 Å².